The first-order chi connectivity index (χ1) is 16.2. The van der Waals surface area contributed by atoms with Gasteiger partial charge in [0.1, 0.15) is 12.1 Å². The molecule has 0 saturated carbocycles. The Labute approximate surface area is 191 Å². The molecule has 166 valence electrons. The van der Waals surface area contributed by atoms with E-state index in [0.717, 1.165) is 42.0 Å². The van der Waals surface area contributed by atoms with Crippen molar-refractivity contribution in [3.05, 3.63) is 72.8 Å². The van der Waals surface area contributed by atoms with Gasteiger partial charge >= 0.3 is 0 Å². The van der Waals surface area contributed by atoms with Crippen molar-refractivity contribution in [3.63, 3.8) is 0 Å². The number of benzene rings is 1. The first-order valence-corrected chi connectivity index (χ1v) is 10.9. The Morgan fingerprint density at radius 3 is 2.76 bits per heavy atom. The third kappa shape index (κ3) is 4.57. The van der Waals surface area contributed by atoms with Gasteiger partial charge < -0.3 is 10.2 Å². The van der Waals surface area contributed by atoms with E-state index in [4.69, 9.17) is 0 Å². The number of piperidine rings is 1. The lowest BCUT2D eigenvalue weighted by Gasteiger charge is -2.32. The van der Waals surface area contributed by atoms with Crippen molar-refractivity contribution in [2.24, 2.45) is 5.92 Å². The number of nitrogens with one attached hydrogen (secondary N) is 1. The van der Waals surface area contributed by atoms with Gasteiger partial charge in [0.25, 0.3) is 0 Å². The molecule has 0 radical (unpaired) electrons. The summed E-state index contributed by atoms with van der Waals surface area (Å²) in [5, 5.41) is 16.0. The maximum absolute atomic E-state index is 13.0. The van der Waals surface area contributed by atoms with Crippen LogP contribution in [0.4, 0.5) is 11.6 Å². The zero-order valence-electron chi connectivity index (χ0n) is 18.3. The number of aryl methyl sites for hydroxylation is 1. The predicted octanol–water partition coefficient (Wildman–Crippen LogP) is 3.28. The second-order valence-corrected chi connectivity index (χ2v) is 8.08. The number of hydrogen-bond acceptors (Lipinski definition) is 7. The van der Waals surface area contributed by atoms with E-state index in [1.54, 1.807) is 23.1 Å². The lowest BCUT2D eigenvalue weighted by Crippen LogP contribution is -2.41. The summed E-state index contributed by atoms with van der Waals surface area (Å²) < 4.78 is 1.62. The zero-order chi connectivity index (χ0) is 22.6. The molecule has 0 spiro atoms. The van der Waals surface area contributed by atoms with Crippen molar-refractivity contribution < 1.29 is 4.79 Å². The minimum absolute atomic E-state index is 0.0608. The van der Waals surface area contributed by atoms with Gasteiger partial charge in [-0.15, -0.1) is 10.2 Å². The normalized spacial score (nSPS) is 15.9. The van der Waals surface area contributed by atoms with Gasteiger partial charge in [0.05, 0.1) is 11.6 Å². The van der Waals surface area contributed by atoms with E-state index in [1.807, 2.05) is 36.4 Å². The van der Waals surface area contributed by atoms with Gasteiger partial charge in [0, 0.05) is 37.1 Å². The number of anilines is 2. The number of amides is 1. The summed E-state index contributed by atoms with van der Waals surface area (Å²) in [7, 11) is 0. The molecule has 1 saturated heterocycles. The SMILES string of the molecule is Cc1ccccc1-c1ccc(N2CCC[C@@H](C(=O)Nc3cc(-n4cccn4)ncn3)C2)nn1. The fourth-order valence-corrected chi connectivity index (χ4v) is 4.07. The van der Waals surface area contributed by atoms with Gasteiger partial charge in [0.2, 0.25) is 5.91 Å². The predicted molar refractivity (Wildman–Crippen MR) is 125 cm³/mol. The van der Waals surface area contributed by atoms with E-state index in [-0.39, 0.29) is 11.8 Å². The van der Waals surface area contributed by atoms with Crippen LogP contribution < -0.4 is 10.2 Å². The highest BCUT2D eigenvalue weighted by molar-refractivity contribution is 5.92. The summed E-state index contributed by atoms with van der Waals surface area (Å²) in [5.41, 5.74) is 3.08. The highest BCUT2D eigenvalue weighted by Gasteiger charge is 2.27. The van der Waals surface area contributed by atoms with Crippen LogP contribution in [0.1, 0.15) is 18.4 Å². The van der Waals surface area contributed by atoms with Crippen molar-refractivity contribution >= 4 is 17.5 Å². The standard InChI is InChI=1S/C24H24N8O/c1-17-6-2-3-8-19(17)20-9-10-22(30-29-20)31-12-4-7-18(15-31)24(33)28-21-14-23(26-16-25-21)32-13-5-11-27-32/h2-3,5-6,8-11,13-14,16,18H,4,7,12,15H2,1H3,(H,25,26,28,33)/t18-/m1/s1. The Bertz CT molecular complexity index is 1240. The van der Waals surface area contributed by atoms with Crippen LogP contribution in [0.25, 0.3) is 17.1 Å². The molecule has 1 amide bonds. The van der Waals surface area contributed by atoms with Gasteiger partial charge in [-0.2, -0.15) is 5.10 Å². The second-order valence-electron chi connectivity index (χ2n) is 8.08. The molecule has 33 heavy (non-hydrogen) atoms. The number of rotatable bonds is 5. The van der Waals surface area contributed by atoms with Crippen LogP contribution >= 0.6 is 0 Å². The fraction of sp³-hybridized carbons (Fsp3) is 0.250. The van der Waals surface area contributed by atoms with E-state index >= 15 is 0 Å². The van der Waals surface area contributed by atoms with Gasteiger partial charge in [0.15, 0.2) is 11.6 Å². The maximum atomic E-state index is 13.0. The number of aromatic nitrogens is 6. The summed E-state index contributed by atoms with van der Waals surface area (Å²) in [6, 6.07) is 15.6. The number of hydrogen-bond donors (Lipinski definition) is 1. The van der Waals surface area contributed by atoms with Gasteiger partial charge in [-0.05, 0) is 43.5 Å². The molecule has 5 rings (SSSR count). The Morgan fingerprint density at radius 2 is 1.97 bits per heavy atom. The summed E-state index contributed by atoms with van der Waals surface area (Å²) in [6.07, 6.45) is 6.60. The van der Waals surface area contributed by atoms with Crippen molar-refractivity contribution in [2.45, 2.75) is 19.8 Å². The molecule has 1 atom stereocenters. The van der Waals surface area contributed by atoms with Crippen molar-refractivity contribution in [3.8, 4) is 17.1 Å². The first-order valence-electron chi connectivity index (χ1n) is 10.9. The van der Waals surface area contributed by atoms with Crippen LogP contribution in [0.2, 0.25) is 0 Å². The molecular formula is C24H24N8O. The van der Waals surface area contributed by atoms with E-state index in [9.17, 15) is 4.79 Å². The monoisotopic (exact) mass is 440 g/mol. The first kappa shape index (κ1) is 20.7. The second kappa shape index (κ2) is 9.15. The van der Waals surface area contributed by atoms with Gasteiger partial charge in [-0.1, -0.05) is 24.3 Å². The Kier molecular flexibility index (Phi) is 5.75. The molecule has 1 N–H and O–H groups in total. The molecule has 4 aromatic rings. The molecule has 1 aromatic carbocycles. The molecule has 0 aliphatic carbocycles. The zero-order valence-corrected chi connectivity index (χ0v) is 18.3. The Hall–Kier alpha value is -4.14. The number of carbonyl (C=O) groups excluding carboxylic acids is 1. The third-order valence-corrected chi connectivity index (χ3v) is 5.83. The highest BCUT2D eigenvalue weighted by Crippen LogP contribution is 2.25. The van der Waals surface area contributed by atoms with Crippen LogP contribution in [0.15, 0.2) is 67.3 Å². The molecule has 1 fully saturated rings. The minimum atomic E-state index is -0.167. The van der Waals surface area contributed by atoms with Crippen molar-refractivity contribution in [1.82, 2.24) is 29.9 Å². The topological polar surface area (TPSA) is 102 Å². The van der Waals surface area contributed by atoms with Crippen LogP contribution in [-0.2, 0) is 4.79 Å². The summed E-state index contributed by atoms with van der Waals surface area (Å²) in [5.74, 6) is 1.61. The van der Waals surface area contributed by atoms with E-state index in [1.165, 1.54) is 6.33 Å². The summed E-state index contributed by atoms with van der Waals surface area (Å²) in [6.45, 7) is 3.49. The third-order valence-electron chi connectivity index (χ3n) is 5.83. The molecule has 9 nitrogen and oxygen atoms in total. The molecule has 3 aromatic heterocycles. The quantitative estimate of drug-likeness (QED) is 0.508. The van der Waals surface area contributed by atoms with E-state index in [2.05, 4.69) is 48.5 Å². The van der Waals surface area contributed by atoms with Crippen LogP contribution in [0.5, 0.6) is 0 Å². The molecular weight excluding hydrogens is 416 g/mol. The maximum Gasteiger partial charge on any atom is 0.230 e. The summed E-state index contributed by atoms with van der Waals surface area (Å²) in [4.78, 5) is 23.5. The smallest absolute Gasteiger partial charge is 0.230 e. The minimum Gasteiger partial charge on any atom is -0.354 e. The van der Waals surface area contributed by atoms with Crippen molar-refractivity contribution in [1.29, 1.82) is 0 Å². The molecule has 0 unspecified atom stereocenters. The molecule has 4 heterocycles. The molecule has 9 heteroatoms. The average Bonchev–Trinajstić information content (AvgIpc) is 3.40. The van der Waals surface area contributed by atoms with E-state index in [0.29, 0.717) is 18.2 Å². The average molecular weight is 441 g/mol. The largest absolute Gasteiger partial charge is 0.354 e. The lowest BCUT2D eigenvalue weighted by molar-refractivity contribution is -0.120. The van der Waals surface area contributed by atoms with E-state index < -0.39 is 0 Å². The van der Waals surface area contributed by atoms with Gasteiger partial charge in [-0.3, -0.25) is 4.79 Å². The summed E-state index contributed by atoms with van der Waals surface area (Å²) >= 11 is 0. The lowest BCUT2D eigenvalue weighted by atomic mass is 9.97. The number of carbonyl (C=O) groups is 1. The molecule has 1 aliphatic rings. The van der Waals surface area contributed by atoms with Crippen molar-refractivity contribution in [2.75, 3.05) is 23.3 Å². The Balaban J connectivity index is 1.26. The van der Waals surface area contributed by atoms with Crippen LogP contribution in [-0.4, -0.2) is 48.9 Å². The highest BCUT2D eigenvalue weighted by atomic mass is 16.2. The van der Waals surface area contributed by atoms with Crippen LogP contribution in [0.3, 0.4) is 0 Å². The number of nitrogens with zero attached hydrogens (tertiary/aromatic N) is 7. The molecule has 0 bridgehead atoms. The fourth-order valence-electron chi connectivity index (χ4n) is 4.07. The Morgan fingerprint density at radius 1 is 1.06 bits per heavy atom. The molecule has 1 aliphatic heterocycles. The van der Waals surface area contributed by atoms with Gasteiger partial charge in [-0.25, -0.2) is 14.6 Å². The van der Waals surface area contributed by atoms with Crippen LogP contribution in [0, 0.1) is 12.8 Å².